The van der Waals surface area contributed by atoms with E-state index in [9.17, 15) is 9.59 Å². The molecule has 4 nitrogen and oxygen atoms in total. The van der Waals surface area contributed by atoms with Gasteiger partial charge in [-0.3, -0.25) is 14.5 Å². The van der Waals surface area contributed by atoms with Gasteiger partial charge in [0.1, 0.15) is 0 Å². The Kier molecular flexibility index (Phi) is 2.05. The highest BCUT2D eigenvalue weighted by molar-refractivity contribution is 6.12. The monoisotopic (exact) mass is 154 g/mol. The van der Waals surface area contributed by atoms with Crippen molar-refractivity contribution in [1.82, 2.24) is 4.90 Å². The summed E-state index contributed by atoms with van der Waals surface area (Å²) in [5, 5.41) is 0. The summed E-state index contributed by atoms with van der Waals surface area (Å²) in [6.07, 6.45) is 2.51. The fraction of sp³-hybridized carbons (Fsp3) is 0.429. The molecule has 1 aliphatic heterocycles. The minimum absolute atomic E-state index is 0.164. The molecule has 1 aliphatic rings. The number of nitrogens with zero attached hydrogens (tertiary/aromatic N) is 1. The zero-order valence-electron chi connectivity index (χ0n) is 6.28. The Morgan fingerprint density at radius 2 is 1.91 bits per heavy atom. The summed E-state index contributed by atoms with van der Waals surface area (Å²) in [7, 11) is 0. The summed E-state index contributed by atoms with van der Waals surface area (Å²) >= 11 is 0. The Hall–Kier alpha value is -1.16. The minimum atomic E-state index is -0.271. The number of hydrogen-bond donors (Lipinski definition) is 1. The van der Waals surface area contributed by atoms with Gasteiger partial charge in [0.15, 0.2) is 0 Å². The highest BCUT2D eigenvalue weighted by atomic mass is 16.2. The van der Waals surface area contributed by atoms with Crippen LogP contribution in [0.25, 0.3) is 0 Å². The standard InChI is InChI=1S/C7H10N2O2/c1-5(8)4-9-6(10)2-3-7(9)11/h2-3,5H,4,8H2,1H3. The van der Waals surface area contributed by atoms with Crippen LogP contribution in [0.3, 0.4) is 0 Å². The Morgan fingerprint density at radius 1 is 1.45 bits per heavy atom. The van der Waals surface area contributed by atoms with Crippen LogP contribution >= 0.6 is 0 Å². The Bertz CT molecular complexity index is 202. The highest BCUT2D eigenvalue weighted by Crippen LogP contribution is 2.02. The second-order valence-corrected chi connectivity index (χ2v) is 2.60. The van der Waals surface area contributed by atoms with Gasteiger partial charge in [0, 0.05) is 24.7 Å². The van der Waals surface area contributed by atoms with Gasteiger partial charge in [-0.2, -0.15) is 0 Å². The third-order valence-electron chi connectivity index (χ3n) is 1.37. The van der Waals surface area contributed by atoms with Gasteiger partial charge >= 0.3 is 0 Å². The van der Waals surface area contributed by atoms with Gasteiger partial charge in [-0.25, -0.2) is 0 Å². The van der Waals surface area contributed by atoms with Crippen LogP contribution < -0.4 is 5.73 Å². The number of nitrogens with two attached hydrogens (primary N) is 1. The summed E-state index contributed by atoms with van der Waals surface area (Å²) in [6.45, 7) is 2.05. The molecule has 0 aromatic carbocycles. The van der Waals surface area contributed by atoms with Crippen LogP contribution in [-0.2, 0) is 9.59 Å². The summed E-state index contributed by atoms with van der Waals surface area (Å²) in [5.41, 5.74) is 5.42. The first-order chi connectivity index (χ1) is 5.11. The average Bonchev–Trinajstić information content (AvgIpc) is 2.18. The zero-order chi connectivity index (χ0) is 8.43. The molecule has 0 radical (unpaired) electrons. The first kappa shape index (κ1) is 7.94. The van der Waals surface area contributed by atoms with Crippen molar-refractivity contribution in [3.05, 3.63) is 12.2 Å². The Labute approximate surface area is 64.7 Å². The lowest BCUT2D eigenvalue weighted by atomic mass is 10.3. The molecule has 1 unspecified atom stereocenters. The first-order valence-electron chi connectivity index (χ1n) is 3.40. The van der Waals surface area contributed by atoms with E-state index in [0.29, 0.717) is 6.54 Å². The average molecular weight is 154 g/mol. The van der Waals surface area contributed by atoms with Gasteiger partial charge in [-0.15, -0.1) is 0 Å². The molecule has 0 aliphatic carbocycles. The van der Waals surface area contributed by atoms with Gasteiger partial charge in [-0.1, -0.05) is 0 Å². The molecule has 60 valence electrons. The molecule has 1 heterocycles. The smallest absolute Gasteiger partial charge is 0.253 e. The maximum absolute atomic E-state index is 10.9. The van der Waals surface area contributed by atoms with Crippen molar-refractivity contribution in [3.8, 4) is 0 Å². The van der Waals surface area contributed by atoms with E-state index in [1.807, 2.05) is 0 Å². The normalized spacial score (nSPS) is 19.6. The van der Waals surface area contributed by atoms with E-state index in [-0.39, 0.29) is 17.9 Å². The van der Waals surface area contributed by atoms with E-state index in [1.165, 1.54) is 12.2 Å². The molecular weight excluding hydrogens is 144 g/mol. The number of hydrogen-bond acceptors (Lipinski definition) is 3. The highest BCUT2D eigenvalue weighted by Gasteiger charge is 2.23. The fourth-order valence-electron chi connectivity index (χ4n) is 0.899. The fourth-order valence-corrected chi connectivity index (χ4v) is 0.899. The van der Waals surface area contributed by atoms with Gasteiger partial charge in [-0.05, 0) is 6.92 Å². The van der Waals surface area contributed by atoms with E-state index in [0.717, 1.165) is 4.90 Å². The number of imide groups is 1. The lowest BCUT2D eigenvalue weighted by Gasteiger charge is -2.15. The first-order valence-corrected chi connectivity index (χ1v) is 3.40. The number of rotatable bonds is 2. The molecule has 0 saturated heterocycles. The second-order valence-electron chi connectivity index (χ2n) is 2.60. The maximum atomic E-state index is 10.9. The van der Waals surface area contributed by atoms with Gasteiger partial charge in [0.25, 0.3) is 11.8 Å². The molecule has 4 heteroatoms. The molecule has 1 atom stereocenters. The number of amides is 2. The molecular formula is C7H10N2O2. The van der Waals surface area contributed by atoms with E-state index >= 15 is 0 Å². The van der Waals surface area contributed by atoms with Crippen molar-refractivity contribution in [1.29, 1.82) is 0 Å². The Balaban J connectivity index is 2.59. The lowest BCUT2D eigenvalue weighted by Crippen LogP contribution is -2.39. The second kappa shape index (κ2) is 2.84. The van der Waals surface area contributed by atoms with Crippen molar-refractivity contribution in [2.75, 3.05) is 6.54 Å². The maximum Gasteiger partial charge on any atom is 0.253 e. The predicted molar refractivity (Wildman–Crippen MR) is 39.5 cm³/mol. The van der Waals surface area contributed by atoms with Crippen LogP contribution in [0, 0.1) is 0 Å². The lowest BCUT2D eigenvalue weighted by molar-refractivity contribution is -0.136. The van der Waals surface area contributed by atoms with Crippen molar-refractivity contribution in [3.63, 3.8) is 0 Å². The van der Waals surface area contributed by atoms with E-state index in [1.54, 1.807) is 6.92 Å². The summed E-state index contributed by atoms with van der Waals surface area (Å²) < 4.78 is 0. The quantitative estimate of drug-likeness (QED) is 0.533. The van der Waals surface area contributed by atoms with Crippen molar-refractivity contribution < 1.29 is 9.59 Å². The number of carbonyl (C=O) groups excluding carboxylic acids is 2. The largest absolute Gasteiger partial charge is 0.326 e. The van der Waals surface area contributed by atoms with Crippen LogP contribution in [0.5, 0.6) is 0 Å². The van der Waals surface area contributed by atoms with Crippen LogP contribution in [0.1, 0.15) is 6.92 Å². The van der Waals surface area contributed by atoms with Crippen LogP contribution in [-0.4, -0.2) is 29.3 Å². The van der Waals surface area contributed by atoms with Crippen LogP contribution in [0.15, 0.2) is 12.2 Å². The van der Waals surface area contributed by atoms with E-state index in [2.05, 4.69) is 0 Å². The minimum Gasteiger partial charge on any atom is -0.326 e. The van der Waals surface area contributed by atoms with E-state index in [4.69, 9.17) is 5.73 Å². The van der Waals surface area contributed by atoms with Crippen LogP contribution in [0.4, 0.5) is 0 Å². The summed E-state index contributed by atoms with van der Waals surface area (Å²) in [4.78, 5) is 22.9. The third-order valence-corrected chi connectivity index (χ3v) is 1.37. The zero-order valence-corrected chi connectivity index (χ0v) is 6.28. The van der Waals surface area contributed by atoms with Gasteiger partial charge in [0.05, 0.1) is 0 Å². The summed E-state index contributed by atoms with van der Waals surface area (Å²) in [5.74, 6) is -0.542. The molecule has 11 heavy (non-hydrogen) atoms. The Morgan fingerprint density at radius 3 is 2.27 bits per heavy atom. The molecule has 0 spiro atoms. The topological polar surface area (TPSA) is 63.4 Å². The van der Waals surface area contributed by atoms with Gasteiger partial charge < -0.3 is 5.73 Å². The molecule has 2 amide bonds. The van der Waals surface area contributed by atoms with Crippen LogP contribution in [0.2, 0.25) is 0 Å². The SMILES string of the molecule is CC(N)CN1C(=O)C=CC1=O. The molecule has 0 aromatic heterocycles. The van der Waals surface area contributed by atoms with Crippen molar-refractivity contribution >= 4 is 11.8 Å². The molecule has 0 bridgehead atoms. The molecule has 0 aromatic rings. The van der Waals surface area contributed by atoms with Crippen molar-refractivity contribution in [2.45, 2.75) is 13.0 Å². The summed E-state index contributed by atoms with van der Waals surface area (Å²) in [6, 6.07) is -0.164. The van der Waals surface area contributed by atoms with Crippen molar-refractivity contribution in [2.24, 2.45) is 5.73 Å². The van der Waals surface area contributed by atoms with Gasteiger partial charge in [0.2, 0.25) is 0 Å². The van der Waals surface area contributed by atoms with E-state index < -0.39 is 0 Å². The molecule has 0 saturated carbocycles. The molecule has 1 rings (SSSR count). The number of carbonyl (C=O) groups is 2. The molecule has 2 N–H and O–H groups in total. The molecule has 0 fully saturated rings. The predicted octanol–water partition coefficient (Wildman–Crippen LogP) is -0.741. The third kappa shape index (κ3) is 1.65.